The monoisotopic (exact) mass is 267 g/mol. The first-order valence-electron chi connectivity index (χ1n) is 6.92. The lowest BCUT2D eigenvalue weighted by molar-refractivity contribution is 0.416. The third-order valence-corrected chi connectivity index (χ3v) is 5.78. The van der Waals surface area contributed by atoms with Crippen molar-refractivity contribution in [1.29, 1.82) is 0 Å². The van der Waals surface area contributed by atoms with Crippen molar-refractivity contribution in [2.75, 3.05) is 12.8 Å². The van der Waals surface area contributed by atoms with Gasteiger partial charge in [0.1, 0.15) is 0 Å². The SMILES string of the molecule is CCc1cc(CC(NC)C2(C)CCCS2)n(C)n1. The Bertz CT molecular complexity index is 394. The average Bonchev–Trinajstić information content (AvgIpc) is 2.93. The Morgan fingerprint density at radius 2 is 2.39 bits per heavy atom. The molecule has 0 aliphatic carbocycles. The molecule has 102 valence electrons. The van der Waals surface area contributed by atoms with Crippen LogP contribution in [0.1, 0.15) is 38.1 Å². The highest BCUT2D eigenvalue weighted by atomic mass is 32.2. The summed E-state index contributed by atoms with van der Waals surface area (Å²) in [6.07, 6.45) is 4.76. The minimum atomic E-state index is 0.380. The van der Waals surface area contributed by atoms with E-state index < -0.39 is 0 Å². The van der Waals surface area contributed by atoms with Crippen LogP contribution < -0.4 is 5.32 Å². The summed E-state index contributed by atoms with van der Waals surface area (Å²) in [5, 5.41) is 8.07. The van der Waals surface area contributed by atoms with Crippen LogP contribution in [0.4, 0.5) is 0 Å². The molecule has 0 saturated carbocycles. The average molecular weight is 267 g/mol. The standard InChI is InChI=1S/C14H25N3S/c1-5-11-9-12(17(4)16-11)10-13(15-3)14(2)7-6-8-18-14/h9,13,15H,5-8,10H2,1-4H3. The second-order valence-electron chi connectivity index (χ2n) is 5.41. The number of nitrogens with one attached hydrogen (secondary N) is 1. The number of rotatable bonds is 5. The van der Waals surface area contributed by atoms with Crippen LogP contribution in [0.25, 0.3) is 0 Å². The van der Waals surface area contributed by atoms with E-state index in [4.69, 9.17) is 0 Å². The predicted molar refractivity (Wildman–Crippen MR) is 79.2 cm³/mol. The summed E-state index contributed by atoms with van der Waals surface area (Å²) in [6.45, 7) is 4.57. The van der Waals surface area contributed by atoms with Crippen LogP contribution in [-0.2, 0) is 19.9 Å². The van der Waals surface area contributed by atoms with Crippen LogP contribution in [0, 0.1) is 0 Å². The largest absolute Gasteiger partial charge is 0.315 e. The van der Waals surface area contributed by atoms with Crippen LogP contribution in [0.5, 0.6) is 0 Å². The van der Waals surface area contributed by atoms with Crippen molar-refractivity contribution in [3.63, 3.8) is 0 Å². The fraction of sp³-hybridized carbons (Fsp3) is 0.786. The van der Waals surface area contributed by atoms with Gasteiger partial charge in [0.2, 0.25) is 0 Å². The second kappa shape index (κ2) is 5.66. The molecule has 18 heavy (non-hydrogen) atoms. The zero-order chi connectivity index (χ0) is 13.2. The maximum absolute atomic E-state index is 4.55. The molecule has 1 saturated heterocycles. The molecule has 1 aromatic heterocycles. The van der Waals surface area contributed by atoms with Gasteiger partial charge in [0.25, 0.3) is 0 Å². The molecule has 0 spiro atoms. The number of nitrogens with zero attached hydrogens (tertiary/aromatic N) is 2. The smallest absolute Gasteiger partial charge is 0.0624 e. The van der Waals surface area contributed by atoms with E-state index >= 15 is 0 Å². The topological polar surface area (TPSA) is 29.9 Å². The van der Waals surface area contributed by atoms with Gasteiger partial charge < -0.3 is 5.32 Å². The lowest BCUT2D eigenvalue weighted by Gasteiger charge is -2.33. The van der Waals surface area contributed by atoms with Crippen molar-refractivity contribution < 1.29 is 0 Å². The quantitative estimate of drug-likeness (QED) is 0.888. The molecule has 0 aromatic carbocycles. The van der Waals surface area contributed by atoms with E-state index in [1.807, 2.05) is 4.68 Å². The number of aromatic nitrogens is 2. The van der Waals surface area contributed by atoms with Gasteiger partial charge in [-0.3, -0.25) is 4.68 Å². The molecule has 1 N–H and O–H groups in total. The predicted octanol–water partition coefficient (Wildman–Crippen LogP) is 2.40. The van der Waals surface area contributed by atoms with Gasteiger partial charge in [-0.15, -0.1) is 0 Å². The molecule has 4 heteroatoms. The Labute approximate surface area is 115 Å². The number of thioether (sulfide) groups is 1. The van der Waals surface area contributed by atoms with E-state index in [-0.39, 0.29) is 0 Å². The lowest BCUT2D eigenvalue weighted by atomic mass is 9.92. The Morgan fingerprint density at radius 1 is 1.61 bits per heavy atom. The summed E-state index contributed by atoms with van der Waals surface area (Å²) in [7, 11) is 4.15. The van der Waals surface area contributed by atoms with Gasteiger partial charge in [-0.1, -0.05) is 6.92 Å². The summed E-state index contributed by atoms with van der Waals surface area (Å²) >= 11 is 2.12. The first kappa shape index (κ1) is 13.9. The van der Waals surface area contributed by atoms with Crippen molar-refractivity contribution in [3.05, 3.63) is 17.5 Å². The van der Waals surface area contributed by atoms with E-state index in [1.54, 1.807) is 0 Å². The van der Waals surface area contributed by atoms with E-state index in [0.717, 1.165) is 12.8 Å². The van der Waals surface area contributed by atoms with E-state index in [0.29, 0.717) is 10.8 Å². The molecule has 1 aliphatic heterocycles. The highest BCUT2D eigenvalue weighted by molar-refractivity contribution is 8.00. The van der Waals surface area contributed by atoms with Crippen molar-refractivity contribution in [1.82, 2.24) is 15.1 Å². The maximum Gasteiger partial charge on any atom is 0.0624 e. The normalized spacial score (nSPS) is 25.6. The van der Waals surface area contributed by atoms with Gasteiger partial charge in [0, 0.05) is 30.0 Å². The fourth-order valence-corrected chi connectivity index (χ4v) is 4.29. The van der Waals surface area contributed by atoms with Crippen LogP contribution >= 0.6 is 11.8 Å². The minimum absolute atomic E-state index is 0.380. The maximum atomic E-state index is 4.55. The van der Waals surface area contributed by atoms with Gasteiger partial charge >= 0.3 is 0 Å². The fourth-order valence-electron chi connectivity index (χ4n) is 2.84. The molecule has 2 unspecified atom stereocenters. The number of aryl methyl sites for hydroxylation is 2. The van der Waals surface area contributed by atoms with Crippen LogP contribution in [0.2, 0.25) is 0 Å². The van der Waals surface area contributed by atoms with Gasteiger partial charge in [-0.2, -0.15) is 16.9 Å². The Kier molecular flexibility index (Phi) is 4.38. The summed E-state index contributed by atoms with van der Waals surface area (Å²) in [5.41, 5.74) is 2.55. The van der Waals surface area contributed by atoms with Crippen molar-refractivity contribution in [3.8, 4) is 0 Å². The number of likely N-dealkylation sites (N-methyl/N-ethyl adjacent to an activating group) is 1. The molecule has 1 aromatic rings. The molecule has 0 bridgehead atoms. The van der Waals surface area contributed by atoms with Crippen molar-refractivity contribution >= 4 is 11.8 Å². The van der Waals surface area contributed by atoms with Crippen molar-refractivity contribution in [2.45, 2.75) is 50.3 Å². The molecule has 1 fully saturated rings. The Hall–Kier alpha value is -0.480. The summed E-state index contributed by atoms with van der Waals surface area (Å²) in [6, 6.07) is 2.79. The zero-order valence-electron chi connectivity index (χ0n) is 12.0. The third kappa shape index (κ3) is 2.75. The third-order valence-electron chi connectivity index (χ3n) is 4.14. The molecule has 2 atom stereocenters. The van der Waals surface area contributed by atoms with Crippen LogP contribution in [-0.4, -0.2) is 33.4 Å². The highest BCUT2D eigenvalue weighted by Gasteiger charge is 2.37. The van der Waals surface area contributed by atoms with Gasteiger partial charge in [-0.25, -0.2) is 0 Å². The molecule has 2 rings (SSSR count). The molecule has 2 heterocycles. The molecule has 1 aliphatic rings. The first-order chi connectivity index (χ1) is 8.59. The van der Waals surface area contributed by atoms with Gasteiger partial charge in [0.15, 0.2) is 0 Å². The van der Waals surface area contributed by atoms with Crippen LogP contribution in [0.3, 0.4) is 0 Å². The number of hydrogen-bond acceptors (Lipinski definition) is 3. The molecule has 3 nitrogen and oxygen atoms in total. The molecule has 0 radical (unpaired) electrons. The van der Waals surface area contributed by atoms with Gasteiger partial charge in [-0.05, 0) is 45.1 Å². The van der Waals surface area contributed by atoms with Crippen molar-refractivity contribution in [2.24, 2.45) is 7.05 Å². The second-order valence-corrected chi connectivity index (χ2v) is 7.04. The molecule has 0 amide bonds. The summed E-state index contributed by atoms with van der Waals surface area (Å²) in [4.78, 5) is 0. The van der Waals surface area contributed by atoms with E-state index in [2.05, 4.69) is 56.2 Å². The lowest BCUT2D eigenvalue weighted by Crippen LogP contribution is -2.45. The highest BCUT2D eigenvalue weighted by Crippen LogP contribution is 2.41. The Balaban J connectivity index is 2.12. The van der Waals surface area contributed by atoms with Gasteiger partial charge in [0.05, 0.1) is 5.69 Å². The Morgan fingerprint density at radius 3 is 2.89 bits per heavy atom. The summed E-state index contributed by atoms with van der Waals surface area (Å²) in [5.74, 6) is 1.31. The minimum Gasteiger partial charge on any atom is -0.315 e. The summed E-state index contributed by atoms with van der Waals surface area (Å²) < 4.78 is 2.43. The first-order valence-corrected chi connectivity index (χ1v) is 7.90. The number of hydrogen-bond donors (Lipinski definition) is 1. The van der Waals surface area contributed by atoms with E-state index in [9.17, 15) is 0 Å². The van der Waals surface area contributed by atoms with E-state index in [1.165, 1.54) is 30.0 Å². The molecular formula is C14H25N3S. The zero-order valence-corrected chi connectivity index (χ0v) is 12.8. The van der Waals surface area contributed by atoms with Crippen LogP contribution in [0.15, 0.2) is 6.07 Å². The molecular weight excluding hydrogens is 242 g/mol.